The van der Waals surface area contributed by atoms with Crippen LogP contribution in [0.3, 0.4) is 0 Å². The first-order valence-electron chi connectivity index (χ1n) is 5.40. The lowest BCUT2D eigenvalue weighted by molar-refractivity contribution is -0.137. The molecule has 106 valence electrons. The Morgan fingerprint density at radius 1 is 1.33 bits per heavy atom. The van der Waals surface area contributed by atoms with Crippen molar-refractivity contribution >= 4 is 16.0 Å². The minimum atomic E-state index is -4.40. The summed E-state index contributed by atoms with van der Waals surface area (Å²) in [6.45, 7) is -0.682. The average molecular weight is 289 g/mol. The van der Waals surface area contributed by atoms with Crippen LogP contribution in [0.5, 0.6) is 0 Å². The fourth-order valence-electron chi connectivity index (χ4n) is 1.52. The molecule has 1 aliphatic rings. The first kappa shape index (κ1) is 15.2. The normalized spacial score (nSPS) is 17.1. The number of carbonyl (C=O) groups is 1. The number of carboxylic acid groups (broad SMARTS) is 1. The molecule has 0 spiro atoms. The van der Waals surface area contributed by atoms with Crippen molar-refractivity contribution in [2.45, 2.75) is 37.9 Å². The number of aliphatic carboxylic acids is 1. The van der Waals surface area contributed by atoms with Gasteiger partial charge in [-0.05, 0) is 19.3 Å². The summed E-state index contributed by atoms with van der Waals surface area (Å²) in [4.78, 5) is 10.5. The third-order valence-corrected chi connectivity index (χ3v) is 4.41. The second-order valence-electron chi connectivity index (χ2n) is 4.20. The average Bonchev–Trinajstić information content (AvgIpc) is 2.94. The van der Waals surface area contributed by atoms with Crippen LogP contribution in [0.1, 0.15) is 25.7 Å². The monoisotopic (exact) mass is 289 g/mol. The van der Waals surface area contributed by atoms with Crippen molar-refractivity contribution in [1.82, 2.24) is 4.31 Å². The summed E-state index contributed by atoms with van der Waals surface area (Å²) in [7, 11) is -3.92. The molecular formula is C9H14F3NO4S. The molecule has 1 N–H and O–H groups in total. The molecule has 0 aliphatic heterocycles. The van der Waals surface area contributed by atoms with E-state index >= 15 is 0 Å². The quantitative estimate of drug-likeness (QED) is 0.764. The Bertz CT molecular complexity index is 403. The van der Waals surface area contributed by atoms with E-state index in [4.69, 9.17) is 5.11 Å². The van der Waals surface area contributed by atoms with E-state index in [2.05, 4.69) is 0 Å². The van der Waals surface area contributed by atoms with Crippen LogP contribution >= 0.6 is 0 Å². The SMILES string of the molecule is O=C(O)CN(C1CC1)S(=O)(=O)CCCC(F)(F)F. The topological polar surface area (TPSA) is 74.7 Å². The van der Waals surface area contributed by atoms with E-state index in [0.717, 1.165) is 4.31 Å². The standard InChI is InChI=1S/C9H14F3NO4S/c10-9(11,12)4-1-5-18(16,17)13(6-8(14)15)7-2-3-7/h7H,1-6H2,(H,14,15). The Hall–Kier alpha value is -0.830. The van der Waals surface area contributed by atoms with E-state index in [-0.39, 0.29) is 6.04 Å². The lowest BCUT2D eigenvalue weighted by Crippen LogP contribution is -2.39. The number of carboxylic acids is 1. The van der Waals surface area contributed by atoms with Crippen molar-refractivity contribution in [1.29, 1.82) is 0 Å². The van der Waals surface area contributed by atoms with E-state index in [0.29, 0.717) is 12.8 Å². The molecule has 1 fully saturated rings. The molecular weight excluding hydrogens is 275 g/mol. The van der Waals surface area contributed by atoms with Crippen LogP contribution in [-0.4, -0.2) is 48.3 Å². The zero-order chi connectivity index (χ0) is 14.0. The Morgan fingerprint density at radius 3 is 2.28 bits per heavy atom. The number of nitrogens with zero attached hydrogens (tertiary/aromatic N) is 1. The van der Waals surface area contributed by atoms with Crippen LogP contribution in [0.15, 0.2) is 0 Å². The van der Waals surface area contributed by atoms with Gasteiger partial charge in [0.05, 0.1) is 5.75 Å². The van der Waals surface area contributed by atoms with Crippen LogP contribution in [0.2, 0.25) is 0 Å². The zero-order valence-corrected chi connectivity index (χ0v) is 10.3. The maximum absolute atomic E-state index is 11.9. The predicted molar refractivity (Wildman–Crippen MR) is 56.4 cm³/mol. The summed E-state index contributed by atoms with van der Waals surface area (Å²) >= 11 is 0. The maximum Gasteiger partial charge on any atom is 0.389 e. The van der Waals surface area contributed by atoms with Crippen molar-refractivity contribution in [2.24, 2.45) is 0 Å². The largest absolute Gasteiger partial charge is 0.480 e. The Morgan fingerprint density at radius 2 is 1.89 bits per heavy atom. The number of hydrogen-bond donors (Lipinski definition) is 1. The molecule has 0 aromatic heterocycles. The van der Waals surface area contributed by atoms with Gasteiger partial charge >= 0.3 is 12.1 Å². The van der Waals surface area contributed by atoms with E-state index < -0.39 is 47.3 Å². The van der Waals surface area contributed by atoms with Crippen LogP contribution < -0.4 is 0 Å². The molecule has 0 aromatic rings. The smallest absolute Gasteiger partial charge is 0.389 e. The molecule has 1 saturated carbocycles. The number of hydrogen-bond acceptors (Lipinski definition) is 3. The molecule has 0 unspecified atom stereocenters. The van der Waals surface area contributed by atoms with Crippen LogP contribution in [0.25, 0.3) is 0 Å². The molecule has 18 heavy (non-hydrogen) atoms. The van der Waals surface area contributed by atoms with Gasteiger partial charge in [0.25, 0.3) is 0 Å². The molecule has 0 radical (unpaired) electrons. The van der Waals surface area contributed by atoms with Gasteiger partial charge in [-0.2, -0.15) is 17.5 Å². The van der Waals surface area contributed by atoms with E-state index in [1.165, 1.54) is 0 Å². The fraction of sp³-hybridized carbons (Fsp3) is 0.889. The predicted octanol–water partition coefficient (Wildman–Crippen LogP) is 1.21. The number of rotatable bonds is 7. The molecule has 0 amide bonds. The molecule has 0 saturated heterocycles. The molecule has 9 heteroatoms. The third-order valence-electron chi connectivity index (χ3n) is 2.47. The Labute approximate surface area is 103 Å². The molecule has 1 rings (SSSR count). The van der Waals surface area contributed by atoms with Gasteiger partial charge in [-0.15, -0.1) is 0 Å². The van der Waals surface area contributed by atoms with Crippen LogP contribution in [0.4, 0.5) is 13.2 Å². The van der Waals surface area contributed by atoms with Gasteiger partial charge < -0.3 is 5.11 Å². The lowest BCUT2D eigenvalue weighted by atomic mass is 10.3. The second-order valence-corrected chi connectivity index (χ2v) is 6.25. The molecule has 5 nitrogen and oxygen atoms in total. The summed E-state index contributed by atoms with van der Waals surface area (Å²) in [6, 6.07) is -0.364. The molecule has 0 atom stereocenters. The number of sulfonamides is 1. The Kier molecular flexibility index (Phi) is 4.60. The second kappa shape index (κ2) is 5.43. The summed E-state index contributed by atoms with van der Waals surface area (Å²) in [5.41, 5.74) is 0. The van der Waals surface area contributed by atoms with Gasteiger partial charge in [0.1, 0.15) is 6.54 Å². The van der Waals surface area contributed by atoms with E-state index in [1.54, 1.807) is 0 Å². The lowest BCUT2D eigenvalue weighted by Gasteiger charge is -2.19. The van der Waals surface area contributed by atoms with Crippen molar-refractivity contribution in [3.8, 4) is 0 Å². The summed E-state index contributed by atoms with van der Waals surface area (Å²) < 4.78 is 60.0. The van der Waals surface area contributed by atoms with Crippen LogP contribution in [-0.2, 0) is 14.8 Å². The van der Waals surface area contributed by atoms with Crippen molar-refractivity contribution in [3.05, 3.63) is 0 Å². The summed E-state index contributed by atoms with van der Waals surface area (Å²) in [5, 5.41) is 8.59. The van der Waals surface area contributed by atoms with Gasteiger partial charge in [-0.3, -0.25) is 4.79 Å². The van der Waals surface area contributed by atoms with Gasteiger partial charge in [-0.25, -0.2) is 8.42 Å². The summed E-state index contributed by atoms with van der Waals surface area (Å²) in [6.07, 6.45) is -5.00. The zero-order valence-electron chi connectivity index (χ0n) is 9.48. The highest BCUT2D eigenvalue weighted by Crippen LogP contribution is 2.30. The minimum absolute atomic E-state index is 0.364. The molecule has 0 aromatic carbocycles. The molecule has 0 heterocycles. The maximum atomic E-state index is 11.9. The van der Waals surface area contributed by atoms with Crippen LogP contribution in [0, 0.1) is 0 Å². The number of alkyl halides is 3. The Balaban J connectivity index is 2.56. The van der Waals surface area contributed by atoms with Gasteiger partial charge in [0.2, 0.25) is 10.0 Å². The highest BCUT2D eigenvalue weighted by atomic mass is 32.2. The summed E-state index contributed by atoms with van der Waals surface area (Å²) in [5.74, 6) is -1.97. The molecule has 0 bridgehead atoms. The minimum Gasteiger partial charge on any atom is -0.480 e. The first-order chi connectivity index (χ1) is 8.12. The van der Waals surface area contributed by atoms with Crippen molar-refractivity contribution in [2.75, 3.05) is 12.3 Å². The fourth-order valence-corrected chi connectivity index (χ4v) is 3.24. The number of halogens is 3. The highest BCUT2D eigenvalue weighted by Gasteiger charge is 2.38. The first-order valence-corrected chi connectivity index (χ1v) is 7.01. The van der Waals surface area contributed by atoms with Gasteiger partial charge in [0, 0.05) is 12.5 Å². The third kappa shape index (κ3) is 5.21. The van der Waals surface area contributed by atoms with E-state index in [9.17, 15) is 26.4 Å². The van der Waals surface area contributed by atoms with Gasteiger partial charge in [-0.1, -0.05) is 0 Å². The van der Waals surface area contributed by atoms with Crippen molar-refractivity contribution in [3.63, 3.8) is 0 Å². The van der Waals surface area contributed by atoms with E-state index in [1.807, 2.05) is 0 Å². The molecule has 1 aliphatic carbocycles. The van der Waals surface area contributed by atoms with Crippen molar-refractivity contribution < 1.29 is 31.5 Å². The van der Waals surface area contributed by atoms with Gasteiger partial charge in [0.15, 0.2) is 0 Å². The highest BCUT2D eigenvalue weighted by molar-refractivity contribution is 7.89.